The Morgan fingerprint density at radius 2 is 1.70 bits per heavy atom. The number of benzene rings is 1. The molecule has 0 aromatic heterocycles. The average molecular weight is 336 g/mol. The maximum absolute atomic E-state index is 12.3. The number of carbonyl (C=O) groups excluding carboxylic acids is 2. The maximum Gasteiger partial charge on any atom is 0.233 e. The zero-order chi connectivity index (χ0) is 16.2. The van der Waals surface area contributed by atoms with E-state index in [0.29, 0.717) is 45.1 Å². The molecule has 0 aliphatic carbocycles. The molecule has 0 radical (unpaired) electrons. The van der Waals surface area contributed by atoms with Crippen molar-refractivity contribution in [2.75, 3.05) is 45.1 Å². The molecule has 124 valence electrons. The molecule has 6 nitrogen and oxygen atoms in total. The van der Waals surface area contributed by atoms with Gasteiger partial charge in [0.15, 0.2) is 11.5 Å². The Hall–Kier alpha value is -1.89. The number of nitrogens with zero attached hydrogens (tertiary/aromatic N) is 2. The largest absolute Gasteiger partial charge is 0.486 e. The highest BCUT2D eigenvalue weighted by Crippen LogP contribution is 2.34. The first-order valence-corrected chi connectivity index (χ1v) is 8.68. The van der Waals surface area contributed by atoms with Gasteiger partial charge in [-0.3, -0.25) is 9.59 Å². The predicted octanol–water partition coefficient (Wildman–Crippen LogP) is 1.24. The lowest BCUT2D eigenvalue weighted by atomic mass is 10.3. The van der Waals surface area contributed by atoms with Crippen molar-refractivity contribution in [2.45, 2.75) is 11.8 Å². The molecule has 2 heterocycles. The Labute approximate surface area is 139 Å². The van der Waals surface area contributed by atoms with E-state index in [1.807, 2.05) is 23.1 Å². The normalized spacial score (nSPS) is 17.1. The molecule has 7 heteroatoms. The zero-order valence-electron chi connectivity index (χ0n) is 13.1. The number of rotatable bonds is 3. The van der Waals surface area contributed by atoms with E-state index in [-0.39, 0.29) is 11.8 Å². The molecule has 0 saturated carbocycles. The van der Waals surface area contributed by atoms with Crippen LogP contribution in [0.2, 0.25) is 0 Å². The second kappa shape index (κ2) is 7.12. The summed E-state index contributed by atoms with van der Waals surface area (Å²) in [6.45, 7) is 5.16. The lowest BCUT2D eigenvalue weighted by molar-refractivity contribution is -0.136. The van der Waals surface area contributed by atoms with Crippen LogP contribution in [-0.4, -0.2) is 66.8 Å². The molecule has 0 atom stereocenters. The summed E-state index contributed by atoms with van der Waals surface area (Å²) >= 11 is 1.49. The Balaban J connectivity index is 1.50. The molecule has 0 N–H and O–H groups in total. The summed E-state index contributed by atoms with van der Waals surface area (Å²) in [5.74, 6) is 2.06. The predicted molar refractivity (Wildman–Crippen MR) is 87.0 cm³/mol. The smallest absolute Gasteiger partial charge is 0.233 e. The van der Waals surface area contributed by atoms with Gasteiger partial charge in [-0.1, -0.05) is 0 Å². The quantitative estimate of drug-likeness (QED) is 0.778. The molecule has 1 fully saturated rings. The summed E-state index contributed by atoms with van der Waals surface area (Å²) in [6.07, 6.45) is 0. The first-order chi connectivity index (χ1) is 11.1. The van der Waals surface area contributed by atoms with Gasteiger partial charge >= 0.3 is 0 Å². The topological polar surface area (TPSA) is 59.1 Å². The molecule has 0 bridgehead atoms. The monoisotopic (exact) mass is 336 g/mol. The highest BCUT2D eigenvalue weighted by molar-refractivity contribution is 8.00. The second-order valence-electron chi connectivity index (χ2n) is 5.48. The van der Waals surface area contributed by atoms with E-state index >= 15 is 0 Å². The van der Waals surface area contributed by atoms with E-state index in [9.17, 15) is 9.59 Å². The zero-order valence-corrected chi connectivity index (χ0v) is 13.9. The number of piperazine rings is 1. The molecule has 2 aliphatic heterocycles. The van der Waals surface area contributed by atoms with Crippen molar-refractivity contribution in [2.24, 2.45) is 0 Å². The van der Waals surface area contributed by atoms with E-state index in [0.717, 1.165) is 16.4 Å². The van der Waals surface area contributed by atoms with Crippen LogP contribution in [-0.2, 0) is 9.59 Å². The molecule has 1 aromatic rings. The van der Waals surface area contributed by atoms with Gasteiger partial charge in [0.25, 0.3) is 0 Å². The number of carbonyl (C=O) groups is 2. The lowest BCUT2D eigenvalue weighted by Crippen LogP contribution is -2.50. The fourth-order valence-electron chi connectivity index (χ4n) is 2.62. The first kappa shape index (κ1) is 16.0. The number of hydrogen-bond acceptors (Lipinski definition) is 5. The fraction of sp³-hybridized carbons (Fsp3) is 0.500. The van der Waals surface area contributed by atoms with Crippen LogP contribution in [0.5, 0.6) is 11.5 Å². The number of fused-ring (bicyclic) bond motifs is 1. The van der Waals surface area contributed by atoms with Crippen LogP contribution in [0.25, 0.3) is 0 Å². The molecule has 0 unspecified atom stereocenters. The second-order valence-corrected chi connectivity index (χ2v) is 6.53. The van der Waals surface area contributed by atoms with Crippen molar-refractivity contribution in [3.05, 3.63) is 18.2 Å². The minimum atomic E-state index is 0.0720. The minimum absolute atomic E-state index is 0.0720. The Morgan fingerprint density at radius 3 is 2.39 bits per heavy atom. The minimum Gasteiger partial charge on any atom is -0.486 e. The summed E-state index contributed by atoms with van der Waals surface area (Å²) in [5, 5.41) is 0. The number of ether oxygens (including phenoxy) is 2. The third kappa shape index (κ3) is 3.90. The van der Waals surface area contributed by atoms with Crippen LogP contribution in [0.1, 0.15) is 6.92 Å². The van der Waals surface area contributed by atoms with E-state index in [4.69, 9.17) is 9.47 Å². The highest BCUT2D eigenvalue weighted by atomic mass is 32.2. The third-order valence-corrected chi connectivity index (χ3v) is 4.93. The van der Waals surface area contributed by atoms with E-state index in [1.165, 1.54) is 11.8 Å². The number of thioether (sulfide) groups is 1. The Morgan fingerprint density at radius 1 is 1.04 bits per heavy atom. The van der Waals surface area contributed by atoms with Gasteiger partial charge in [-0.15, -0.1) is 11.8 Å². The van der Waals surface area contributed by atoms with Gasteiger partial charge < -0.3 is 19.3 Å². The van der Waals surface area contributed by atoms with Gasteiger partial charge in [-0.2, -0.15) is 0 Å². The molecule has 0 spiro atoms. The lowest BCUT2D eigenvalue weighted by Gasteiger charge is -2.34. The van der Waals surface area contributed by atoms with Crippen LogP contribution in [0.4, 0.5) is 0 Å². The number of amides is 2. The standard InChI is InChI=1S/C16H20N2O4S/c1-12(19)17-4-6-18(7-5-17)16(20)11-23-13-2-3-14-15(10-13)22-9-8-21-14/h2-3,10H,4-9,11H2,1H3. The Kier molecular flexibility index (Phi) is 4.95. The summed E-state index contributed by atoms with van der Waals surface area (Å²) < 4.78 is 11.0. The fourth-order valence-corrected chi connectivity index (χ4v) is 3.45. The van der Waals surface area contributed by atoms with Gasteiger partial charge in [0.05, 0.1) is 5.75 Å². The highest BCUT2D eigenvalue weighted by Gasteiger charge is 2.22. The van der Waals surface area contributed by atoms with Gasteiger partial charge in [-0.25, -0.2) is 0 Å². The summed E-state index contributed by atoms with van der Waals surface area (Å²) in [4.78, 5) is 28.2. The number of hydrogen-bond donors (Lipinski definition) is 0. The molecule has 1 aromatic carbocycles. The van der Waals surface area contributed by atoms with Crippen molar-refractivity contribution >= 4 is 23.6 Å². The molecule has 1 saturated heterocycles. The van der Waals surface area contributed by atoms with E-state index in [2.05, 4.69) is 0 Å². The van der Waals surface area contributed by atoms with Gasteiger partial charge in [0.2, 0.25) is 11.8 Å². The van der Waals surface area contributed by atoms with Gasteiger partial charge in [0.1, 0.15) is 13.2 Å². The van der Waals surface area contributed by atoms with Crippen molar-refractivity contribution in [3.8, 4) is 11.5 Å². The summed E-state index contributed by atoms with van der Waals surface area (Å²) in [6, 6.07) is 5.74. The molecule has 2 aliphatic rings. The molecule has 3 rings (SSSR count). The van der Waals surface area contributed by atoms with Gasteiger partial charge in [0, 0.05) is 38.0 Å². The summed E-state index contributed by atoms with van der Waals surface area (Å²) in [5.41, 5.74) is 0. The van der Waals surface area contributed by atoms with E-state index < -0.39 is 0 Å². The van der Waals surface area contributed by atoms with Crippen molar-refractivity contribution in [1.29, 1.82) is 0 Å². The van der Waals surface area contributed by atoms with Crippen molar-refractivity contribution in [3.63, 3.8) is 0 Å². The van der Waals surface area contributed by atoms with Crippen LogP contribution in [0.3, 0.4) is 0 Å². The third-order valence-electron chi connectivity index (χ3n) is 3.95. The van der Waals surface area contributed by atoms with Crippen LogP contribution >= 0.6 is 11.8 Å². The maximum atomic E-state index is 12.3. The molecule has 2 amide bonds. The molecular formula is C16H20N2O4S. The molecular weight excluding hydrogens is 316 g/mol. The van der Waals surface area contributed by atoms with Crippen LogP contribution in [0.15, 0.2) is 23.1 Å². The van der Waals surface area contributed by atoms with Crippen LogP contribution < -0.4 is 9.47 Å². The SMILES string of the molecule is CC(=O)N1CCN(C(=O)CSc2ccc3c(c2)OCCO3)CC1. The van der Waals surface area contributed by atoms with Crippen molar-refractivity contribution < 1.29 is 19.1 Å². The van der Waals surface area contributed by atoms with Gasteiger partial charge in [-0.05, 0) is 18.2 Å². The Bertz CT molecular complexity index is 600. The van der Waals surface area contributed by atoms with E-state index in [1.54, 1.807) is 11.8 Å². The summed E-state index contributed by atoms with van der Waals surface area (Å²) in [7, 11) is 0. The average Bonchev–Trinajstić information content (AvgIpc) is 2.59. The first-order valence-electron chi connectivity index (χ1n) is 7.69. The molecule has 23 heavy (non-hydrogen) atoms. The van der Waals surface area contributed by atoms with Crippen molar-refractivity contribution in [1.82, 2.24) is 9.80 Å². The van der Waals surface area contributed by atoms with Crippen LogP contribution in [0, 0.1) is 0 Å².